The summed E-state index contributed by atoms with van der Waals surface area (Å²) in [6, 6.07) is 15.9. The number of hydrogen-bond donors (Lipinski definition) is 0. The average Bonchev–Trinajstić information content (AvgIpc) is 3.03. The van der Waals surface area contributed by atoms with Crippen LogP contribution in [0.15, 0.2) is 54.7 Å². The zero-order valence-electron chi connectivity index (χ0n) is 15.2. The highest BCUT2D eigenvalue weighted by Gasteiger charge is 2.13. The molecule has 1 heterocycles. The summed E-state index contributed by atoms with van der Waals surface area (Å²) < 4.78 is 1.85. The maximum Gasteiger partial charge on any atom is 0.253 e. The molecule has 0 aliphatic heterocycles. The molecule has 25 heavy (non-hydrogen) atoms. The third kappa shape index (κ3) is 3.63. The van der Waals surface area contributed by atoms with Crippen molar-refractivity contribution < 1.29 is 4.79 Å². The molecule has 0 aliphatic carbocycles. The lowest BCUT2D eigenvalue weighted by atomic mass is 10.1. The Balaban J connectivity index is 1.75. The highest BCUT2D eigenvalue weighted by atomic mass is 16.2. The molecule has 1 aromatic heterocycles. The fraction of sp³-hybridized carbons (Fsp3) is 0.238. The number of aromatic nitrogens is 2. The van der Waals surface area contributed by atoms with E-state index in [2.05, 4.69) is 37.1 Å². The third-order valence-electron chi connectivity index (χ3n) is 4.44. The molecule has 128 valence electrons. The van der Waals surface area contributed by atoms with Crippen LogP contribution in [-0.4, -0.2) is 27.6 Å². The van der Waals surface area contributed by atoms with E-state index in [0.29, 0.717) is 12.1 Å². The number of amides is 1. The van der Waals surface area contributed by atoms with E-state index < -0.39 is 0 Å². The van der Waals surface area contributed by atoms with Crippen LogP contribution in [-0.2, 0) is 6.54 Å². The van der Waals surface area contributed by atoms with Gasteiger partial charge >= 0.3 is 0 Å². The second-order valence-corrected chi connectivity index (χ2v) is 6.52. The van der Waals surface area contributed by atoms with E-state index in [-0.39, 0.29) is 5.91 Å². The van der Waals surface area contributed by atoms with Crippen molar-refractivity contribution in [2.24, 2.45) is 0 Å². The number of rotatable bonds is 4. The Kier molecular flexibility index (Phi) is 4.70. The predicted octanol–water partition coefficient (Wildman–Crippen LogP) is 4.07. The molecular weight excluding hydrogens is 310 g/mol. The van der Waals surface area contributed by atoms with Crippen LogP contribution in [0.3, 0.4) is 0 Å². The molecule has 0 aliphatic rings. The Morgan fingerprint density at radius 1 is 1.04 bits per heavy atom. The van der Waals surface area contributed by atoms with Gasteiger partial charge in [0.25, 0.3) is 5.91 Å². The third-order valence-corrected chi connectivity index (χ3v) is 4.44. The summed E-state index contributed by atoms with van der Waals surface area (Å²) in [5.41, 5.74) is 6.32. The molecule has 4 nitrogen and oxygen atoms in total. The van der Waals surface area contributed by atoms with Gasteiger partial charge in [-0.05, 0) is 62.2 Å². The van der Waals surface area contributed by atoms with E-state index in [9.17, 15) is 4.79 Å². The first-order valence-electron chi connectivity index (χ1n) is 8.38. The molecule has 4 heteroatoms. The second kappa shape index (κ2) is 6.93. The molecule has 0 bridgehead atoms. The maximum atomic E-state index is 12.7. The van der Waals surface area contributed by atoms with E-state index in [1.54, 1.807) is 11.1 Å². The Bertz CT molecular complexity index is 894. The van der Waals surface area contributed by atoms with Crippen LogP contribution in [0, 0.1) is 20.8 Å². The quantitative estimate of drug-likeness (QED) is 0.722. The van der Waals surface area contributed by atoms with Crippen molar-refractivity contribution >= 4 is 5.91 Å². The van der Waals surface area contributed by atoms with E-state index in [0.717, 1.165) is 11.4 Å². The SMILES string of the molecule is Cc1ccc(CN(C)C(=O)c2ccc(-n3nccc3C)cc2)c(C)c1. The smallest absolute Gasteiger partial charge is 0.253 e. The lowest BCUT2D eigenvalue weighted by Gasteiger charge is -2.19. The van der Waals surface area contributed by atoms with Gasteiger partial charge in [-0.2, -0.15) is 5.10 Å². The minimum atomic E-state index is 0.0173. The van der Waals surface area contributed by atoms with Gasteiger partial charge in [0, 0.05) is 31.0 Å². The van der Waals surface area contributed by atoms with Crippen molar-refractivity contribution in [3.8, 4) is 5.69 Å². The molecule has 0 saturated carbocycles. The van der Waals surface area contributed by atoms with Gasteiger partial charge in [-0.25, -0.2) is 4.68 Å². The van der Waals surface area contributed by atoms with Crippen LogP contribution in [0.25, 0.3) is 5.69 Å². The van der Waals surface area contributed by atoms with Gasteiger partial charge in [0.2, 0.25) is 0 Å². The minimum Gasteiger partial charge on any atom is -0.337 e. The molecule has 3 rings (SSSR count). The summed E-state index contributed by atoms with van der Waals surface area (Å²) in [5, 5.41) is 4.29. The van der Waals surface area contributed by atoms with Gasteiger partial charge in [-0.1, -0.05) is 23.8 Å². The summed E-state index contributed by atoms with van der Waals surface area (Å²) in [4.78, 5) is 14.5. The largest absolute Gasteiger partial charge is 0.337 e. The van der Waals surface area contributed by atoms with Crippen LogP contribution in [0.5, 0.6) is 0 Å². The zero-order valence-corrected chi connectivity index (χ0v) is 15.2. The molecule has 1 amide bonds. The van der Waals surface area contributed by atoms with Crippen LogP contribution in [0.1, 0.15) is 32.7 Å². The van der Waals surface area contributed by atoms with Gasteiger partial charge in [-0.15, -0.1) is 0 Å². The standard InChI is InChI=1S/C21H23N3O/c1-15-5-6-19(16(2)13-15)14-23(4)21(25)18-7-9-20(10-8-18)24-17(3)11-12-22-24/h5-13H,14H2,1-4H3. The Morgan fingerprint density at radius 3 is 2.36 bits per heavy atom. The fourth-order valence-electron chi connectivity index (χ4n) is 2.96. The van der Waals surface area contributed by atoms with E-state index >= 15 is 0 Å². The maximum absolute atomic E-state index is 12.7. The number of hydrogen-bond acceptors (Lipinski definition) is 2. The lowest BCUT2D eigenvalue weighted by molar-refractivity contribution is 0.0785. The minimum absolute atomic E-state index is 0.0173. The average molecular weight is 333 g/mol. The molecule has 0 radical (unpaired) electrons. The van der Waals surface area contributed by atoms with Crippen molar-refractivity contribution in [3.05, 3.63) is 82.7 Å². The summed E-state index contributed by atoms with van der Waals surface area (Å²) in [5.74, 6) is 0.0173. The van der Waals surface area contributed by atoms with Gasteiger partial charge in [-0.3, -0.25) is 4.79 Å². The summed E-state index contributed by atoms with van der Waals surface area (Å²) in [7, 11) is 1.84. The molecule has 0 unspecified atom stereocenters. The molecule has 0 N–H and O–H groups in total. The van der Waals surface area contributed by atoms with Gasteiger partial charge in [0.1, 0.15) is 0 Å². The van der Waals surface area contributed by atoms with Crippen LogP contribution in [0.2, 0.25) is 0 Å². The van der Waals surface area contributed by atoms with Gasteiger partial charge < -0.3 is 4.90 Å². The first-order valence-corrected chi connectivity index (χ1v) is 8.38. The van der Waals surface area contributed by atoms with Crippen molar-refractivity contribution in [2.75, 3.05) is 7.05 Å². The molecule has 0 fully saturated rings. The second-order valence-electron chi connectivity index (χ2n) is 6.52. The number of carbonyl (C=O) groups excluding carboxylic acids is 1. The molecule has 0 saturated heterocycles. The molecule has 3 aromatic rings. The fourth-order valence-corrected chi connectivity index (χ4v) is 2.96. The molecule has 0 atom stereocenters. The van der Waals surface area contributed by atoms with Crippen LogP contribution in [0.4, 0.5) is 0 Å². The van der Waals surface area contributed by atoms with Crippen molar-refractivity contribution in [2.45, 2.75) is 27.3 Å². The van der Waals surface area contributed by atoms with E-state index in [4.69, 9.17) is 0 Å². The first kappa shape index (κ1) is 17.0. The Labute approximate surface area is 148 Å². The predicted molar refractivity (Wildman–Crippen MR) is 100 cm³/mol. The van der Waals surface area contributed by atoms with Crippen molar-refractivity contribution in [1.29, 1.82) is 0 Å². The van der Waals surface area contributed by atoms with E-state index in [1.165, 1.54) is 16.7 Å². The topological polar surface area (TPSA) is 38.1 Å². The molecular formula is C21H23N3O. The Hall–Kier alpha value is -2.88. The molecule has 0 spiro atoms. The van der Waals surface area contributed by atoms with Gasteiger partial charge in [0.05, 0.1) is 5.69 Å². The van der Waals surface area contributed by atoms with Crippen LogP contribution >= 0.6 is 0 Å². The summed E-state index contributed by atoms with van der Waals surface area (Å²) in [6.45, 7) is 6.77. The summed E-state index contributed by atoms with van der Waals surface area (Å²) in [6.07, 6.45) is 1.77. The first-order chi connectivity index (χ1) is 12.0. The van der Waals surface area contributed by atoms with Gasteiger partial charge in [0.15, 0.2) is 0 Å². The number of nitrogens with zero attached hydrogens (tertiary/aromatic N) is 3. The highest BCUT2D eigenvalue weighted by Crippen LogP contribution is 2.16. The molecule has 2 aromatic carbocycles. The normalized spacial score (nSPS) is 10.7. The number of aryl methyl sites for hydroxylation is 3. The number of benzene rings is 2. The summed E-state index contributed by atoms with van der Waals surface area (Å²) >= 11 is 0. The van der Waals surface area contributed by atoms with E-state index in [1.807, 2.05) is 49.0 Å². The highest BCUT2D eigenvalue weighted by molar-refractivity contribution is 5.94. The number of carbonyl (C=O) groups is 1. The van der Waals surface area contributed by atoms with Crippen molar-refractivity contribution in [3.63, 3.8) is 0 Å². The Morgan fingerprint density at radius 2 is 1.76 bits per heavy atom. The zero-order chi connectivity index (χ0) is 18.0. The lowest BCUT2D eigenvalue weighted by Crippen LogP contribution is -2.26. The van der Waals surface area contributed by atoms with Crippen molar-refractivity contribution in [1.82, 2.24) is 14.7 Å². The van der Waals surface area contributed by atoms with Crippen LogP contribution < -0.4 is 0 Å². The monoisotopic (exact) mass is 333 g/mol.